The van der Waals surface area contributed by atoms with Gasteiger partial charge in [-0.25, -0.2) is 0 Å². The van der Waals surface area contributed by atoms with Crippen molar-refractivity contribution in [2.45, 2.75) is 13.8 Å². The lowest BCUT2D eigenvalue weighted by atomic mass is 9.86. The molecule has 0 amide bonds. The lowest BCUT2D eigenvalue weighted by molar-refractivity contribution is -0.111. The summed E-state index contributed by atoms with van der Waals surface area (Å²) in [6.07, 6.45) is 0. The molecule has 0 unspecified atom stereocenters. The van der Waals surface area contributed by atoms with E-state index in [1.54, 1.807) is 25.1 Å². The van der Waals surface area contributed by atoms with E-state index in [0.717, 1.165) is 0 Å². The molecule has 1 aromatic carbocycles. The molecule has 2 rings (SSSR count). The summed E-state index contributed by atoms with van der Waals surface area (Å²) in [7, 11) is 0. The molecule has 3 heteroatoms. The summed E-state index contributed by atoms with van der Waals surface area (Å²) in [6.45, 7) is 3.21. The van der Waals surface area contributed by atoms with Gasteiger partial charge in [0.05, 0.1) is 0 Å². The smallest absolute Gasteiger partial charge is 0.234 e. The Hall–Kier alpha value is -1.90. The van der Waals surface area contributed by atoms with E-state index in [9.17, 15) is 14.7 Å². The highest BCUT2D eigenvalue weighted by molar-refractivity contribution is 6.52. The minimum absolute atomic E-state index is 0.0849. The van der Waals surface area contributed by atoms with Gasteiger partial charge in [0, 0.05) is 16.7 Å². The van der Waals surface area contributed by atoms with E-state index in [-0.39, 0.29) is 11.3 Å². The summed E-state index contributed by atoms with van der Waals surface area (Å²) in [5.74, 6) is -1.23. The summed E-state index contributed by atoms with van der Waals surface area (Å²) in [5.41, 5.74) is 1.62. The van der Waals surface area contributed by atoms with E-state index in [0.29, 0.717) is 16.7 Å². The Labute approximate surface area is 87.0 Å². The molecule has 1 N–H and O–H groups in total. The molecule has 0 heterocycles. The predicted octanol–water partition coefficient (Wildman–Crippen LogP) is 2.05. The Kier molecular flexibility index (Phi) is 1.96. The largest absolute Gasteiger partial charge is 0.507 e. The van der Waals surface area contributed by atoms with Crippen molar-refractivity contribution in [1.29, 1.82) is 0 Å². The molecule has 1 aliphatic rings. The summed E-state index contributed by atoms with van der Waals surface area (Å²) < 4.78 is 0. The topological polar surface area (TPSA) is 54.4 Å². The third-order valence-corrected chi connectivity index (χ3v) is 2.66. The van der Waals surface area contributed by atoms with Gasteiger partial charge in [0.1, 0.15) is 5.76 Å². The first kappa shape index (κ1) is 9.65. The number of rotatable bonds is 0. The minimum Gasteiger partial charge on any atom is -0.507 e. The van der Waals surface area contributed by atoms with Crippen molar-refractivity contribution in [2.24, 2.45) is 0 Å². The molecule has 0 spiro atoms. The molecule has 76 valence electrons. The molecule has 1 aromatic rings. The molecule has 0 bridgehead atoms. The number of allylic oxidation sites excluding steroid dienone is 1. The Morgan fingerprint density at radius 3 is 2.40 bits per heavy atom. The maximum atomic E-state index is 11.7. The van der Waals surface area contributed by atoms with Crippen molar-refractivity contribution in [3.63, 3.8) is 0 Å². The maximum absolute atomic E-state index is 11.7. The highest BCUT2D eigenvalue weighted by Crippen LogP contribution is 2.29. The van der Waals surface area contributed by atoms with Gasteiger partial charge < -0.3 is 5.11 Å². The van der Waals surface area contributed by atoms with Gasteiger partial charge in [-0.05, 0) is 19.4 Å². The zero-order valence-electron chi connectivity index (χ0n) is 8.50. The van der Waals surface area contributed by atoms with E-state index < -0.39 is 11.6 Å². The van der Waals surface area contributed by atoms with Crippen LogP contribution in [0.4, 0.5) is 0 Å². The van der Waals surface area contributed by atoms with Gasteiger partial charge in [-0.15, -0.1) is 0 Å². The first-order chi connectivity index (χ1) is 7.04. The first-order valence-electron chi connectivity index (χ1n) is 4.63. The summed E-state index contributed by atoms with van der Waals surface area (Å²) in [6, 6.07) is 5.14. The number of Topliss-reactive ketones (excluding diaryl/α,β-unsaturated/α-hetero) is 2. The Balaban J connectivity index is 2.84. The van der Waals surface area contributed by atoms with Crippen LogP contribution >= 0.6 is 0 Å². The molecule has 0 aromatic heterocycles. The van der Waals surface area contributed by atoms with E-state index in [1.807, 2.05) is 0 Å². The number of benzene rings is 1. The number of aryl methyl sites for hydroxylation is 1. The number of aliphatic hydroxyl groups is 1. The van der Waals surface area contributed by atoms with Crippen LogP contribution in [0.3, 0.4) is 0 Å². The number of carbonyl (C=O) groups is 2. The SMILES string of the molecule is CC1=C(O)c2cccc(C)c2C(=O)C1=O. The lowest BCUT2D eigenvalue weighted by Gasteiger charge is -2.16. The average molecular weight is 202 g/mol. The molecule has 15 heavy (non-hydrogen) atoms. The van der Waals surface area contributed by atoms with Crippen molar-refractivity contribution < 1.29 is 14.7 Å². The predicted molar refractivity (Wildman–Crippen MR) is 55.7 cm³/mol. The van der Waals surface area contributed by atoms with Crippen LogP contribution in [0.25, 0.3) is 5.76 Å². The molecule has 0 fully saturated rings. The molecular formula is C12H10O3. The zero-order chi connectivity index (χ0) is 11.2. The number of aliphatic hydroxyl groups excluding tert-OH is 1. The van der Waals surface area contributed by atoms with Crippen LogP contribution < -0.4 is 0 Å². The van der Waals surface area contributed by atoms with Crippen molar-refractivity contribution in [3.8, 4) is 0 Å². The molecule has 1 aliphatic carbocycles. The summed E-state index contributed by atoms with van der Waals surface area (Å²) in [4.78, 5) is 23.2. The average Bonchev–Trinajstić information content (AvgIpc) is 2.23. The maximum Gasteiger partial charge on any atom is 0.234 e. The fourth-order valence-corrected chi connectivity index (χ4v) is 1.76. The van der Waals surface area contributed by atoms with Gasteiger partial charge in [0.25, 0.3) is 0 Å². The number of ketones is 2. The third-order valence-electron chi connectivity index (χ3n) is 2.66. The van der Waals surface area contributed by atoms with Crippen molar-refractivity contribution in [3.05, 3.63) is 40.5 Å². The monoisotopic (exact) mass is 202 g/mol. The second kappa shape index (κ2) is 3.05. The molecule has 0 saturated carbocycles. The van der Waals surface area contributed by atoms with Crippen molar-refractivity contribution in [1.82, 2.24) is 0 Å². The summed E-state index contributed by atoms with van der Waals surface area (Å²) in [5, 5.41) is 9.75. The Morgan fingerprint density at radius 2 is 1.73 bits per heavy atom. The van der Waals surface area contributed by atoms with Gasteiger partial charge in [-0.2, -0.15) is 0 Å². The van der Waals surface area contributed by atoms with Crippen LogP contribution in [0.15, 0.2) is 23.8 Å². The number of hydrogen-bond donors (Lipinski definition) is 1. The minimum atomic E-state index is -0.616. The molecule has 3 nitrogen and oxygen atoms in total. The molecule has 0 atom stereocenters. The standard InChI is InChI=1S/C12H10O3/c1-6-4-3-5-8-9(6)12(15)11(14)7(2)10(8)13/h3-5,13H,1-2H3. The van der Waals surface area contributed by atoms with Gasteiger partial charge >= 0.3 is 0 Å². The van der Waals surface area contributed by atoms with Crippen molar-refractivity contribution >= 4 is 17.3 Å². The first-order valence-corrected chi connectivity index (χ1v) is 4.63. The molecular weight excluding hydrogens is 192 g/mol. The van der Waals surface area contributed by atoms with Crippen molar-refractivity contribution in [2.75, 3.05) is 0 Å². The zero-order valence-corrected chi connectivity index (χ0v) is 8.50. The van der Waals surface area contributed by atoms with Crippen LogP contribution in [0, 0.1) is 6.92 Å². The van der Waals surface area contributed by atoms with E-state index in [2.05, 4.69) is 0 Å². The van der Waals surface area contributed by atoms with E-state index >= 15 is 0 Å². The van der Waals surface area contributed by atoms with Crippen LogP contribution in [0.5, 0.6) is 0 Å². The Morgan fingerprint density at radius 1 is 1.07 bits per heavy atom. The summed E-state index contributed by atoms with van der Waals surface area (Å²) >= 11 is 0. The van der Waals surface area contributed by atoms with Crippen LogP contribution in [0.2, 0.25) is 0 Å². The Bertz CT molecular complexity index is 510. The van der Waals surface area contributed by atoms with Gasteiger partial charge in [-0.3, -0.25) is 9.59 Å². The van der Waals surface area contributed by atoms with Crippen LogP contribution in [0.1, 0.15) is 28.4 Å². The van der Waals surface area contributed by atoms with Crippen LogP contribution in [-0.2, 0) is 4.79 Å². The molecule has 0 radical (unpaired) electrons. The molecule has 0 saturated heterocycles. The lowest BCUT2D eigenvalue weighted by Crippen LogP contribution is -2.23. The highest BCUT2D eigenvalue weighted by atomic mass is 16.3. The molecule has 0 aliphatic heterocycles. The van der Waals surface area contributed by atoms with E-state index in [1.165, 1.54) is 6.92 Å². The normalized spacial score (nSPS) is 15.6. The second-order valence-corrected chi connectivity index (χ2v) is 3.63. The number of hydrogen-bond acceptors (Lipinski definition) is 3. The fourth-order valence-electron chi connectivity index (χ4n) is 1.76. The highest BCUT2D eigenvalue weighted by Gasteiger charge is 2.31. The van der Waals surface area contributed by atoms with E-state index in [4.69, 9.17) is 0 Å². The van der Waals surface area contributed by atoms with Gasteiger partial charge in [-0.1, -0.05) is 18.2 Å². The second-order valence-electron chi connectivity index (χ2n) is 3.63. The third kappa shape index (κ3) is 1.20. The fraction of sp³-hybridized carbons (Fsp3) is 0.167. The van der Waals surface area contributed by atoms with Gasteiger partial charge in [0.15, 0.2) is 0 Å². The quantitative estimate of drug-likeness (QED) is 0.655. The number of carbonyl (C=O) groups excluding carboxylic acids is 2. The van der Waals surface area contributed by atoms with Gasteiger partial charge in [0.2, 0.25) is 11.6 Å². The van der Waals surface area contributed by atoms with Crippen LogP contribution in [-0.4, -0.2) is 16.7 Å². The number of fused-ring (bicyclic) bond motifs is 1.